The fraction of sp³-hybridized carbons (Fsp3) is 0.292. The van der Waals surface area contributed by atoms with Crippen molar-refractivity contribution in [1.82, 2.24) is 10.6 Å². The number of furan rings is 1. The molecule has 14 heteroatoms. The number of ether oxygens (including phenoxy) is 1. The van der Waals surface area contributed by atoms with Crippen LogP contribution >= 0.6 is 0 Å². The Morgan fingerprint density at radius 2 is 1.87 bits per heavy atom. The van der Waals surface area contributed by atoms with E-state index in [0.717, 1.165) is 12.1 Å². The summed E-state index contributed by atoms with van der Waals surface area (Å²) in [5.74, 6) is -4.15. The first kappa shape index (κ1) is 25.3. The van der Waals surface area contributed by atoms with Crippen molar-refractivity contribution in [3.05, 3.63) is 53.8 Å². The molecule has 2 aliphatic rings. The first-order valence-corrected chi connectivity index (χ1v) is 11.4. The minimum absolute atomic E-state index is 0.0853. The summed E-state index contributed by atoms with van der Waals surface area (Å²) in [6.07, 6.45) is -3.37. The largest absolute Gasteiger partial charge is 0.573 e. The molecule has 200 valence electrons. The molecular formula is C24H19F5N4O5. The molecule has 0 bridgehead atoms. The number of nitrogens with one attached hydrogen (secondary N) is 3. The molecule has 3 aromatic rings. The second kappa shape index (κ2) is 9.50. The van der Waals surface area contributed by atoms with Crippen LogP contribution in [-0.2, 0) is 9.59 Å². The molecule has 9 nitrogen and oxygen atoms in total. The van der Waals surface area contributed by atoms with Crippen molar-refractivity contribution in [1.29, 1.82) is 0 Å². The first-order valence-electron chi connectivity index (χ1n) is 11.4. The average Bonchev–Trinajstić information content (AvgIpc) is 3.27. The molecule has 3 heterocycles. The van der Waals surface area contributed by atoms with E-state index < -0.39 is 59.2 Å². The number of fused-ring (bicyclic) bond motifs is 1. The van der Waals surface area contributed by atoms with Crippen LogP contribution in [0.3, 0.4) is 0 Å². The van der Waals surface area contributed by atoms with Crippen molar-refractivity contribution < 1.29 is 45.5 Å². The maximum Gasteiger partial charge on any atom is 0.573 e. The van der Waals surface area contributed by atoms with Gasteiger partial charge in [-0.2, -0.15) is 0 Å². The zero-order chi connectivity index (χ0) is 27.2. The number of amides is 4. The molecule has 2 aromatic carbocycles. The molecule has 0 radical (unpaired) electrons. The third-order valence-electron chi connectivity index (χ3n) is 6.27. The lowest BCUT2D eigenvalue weighted by molar-refractivity contribution is -0.274. The highest BCUT2D eigenvalue weighted by Crippen LogP contribution is 2.40. The Kier molecular flexibility index (Phi) is 6.33. The van der Waals surface area contributed by atoms with E-state index in [4.69, 9.17) is 4.42 Å². The summed E-state index contributed by atoms with van der Waals surface area (Å²) in [7, 11) is 0. The van der Waals surface area contributed by atoms with E-state index in [0.29, 0.717) is 22.7 Å². The summed E-state index contributed by atoms with van der Waals surface area (Å²) in [5, 5.41) is 7.31. The minimum Gasteiger partial charge on any atom is -0.462 e. The molecule has 4 amide bonds. The standard InChI is InChI=1S/C24H19F5N4O5/c25-15-3-1-12(38-24(27,28)29)7-17(15)31-23(36)30-11-9-33(10-11)18-8-16(26)20(13-5-6-37-21(13)18)14-2-4-19(34)32-22(14)35/h1,3,5-8,11,14H,2,4,9-10H2,(H2,30,31,36)(H,32,34,35). The summed E-state index contributed by atoms with van der Waals surface area (Å²) in [5.41, 5.74) is 0.345. The van der Waals surface area contributed by atoms with E-state index in [-0.39, 0.29) is 31.5 Å². The van der Waals surface area contributed by atoms with E-state index in [9.17, 15) is 31.9 Å². The van der Waals surface area contributed by atoms with Gasteiger partial charge in [-0.15, -0.1) is 13.2 Å². The smallest absolute Gasteiger partial charge is 0.462 e. The molecule has 38 heavy (non-hydrogen) atoms. The molecule has 1 atom stereocenters. The maximum atomic E-state index is 15.2. The average molecular weight is 538 g/mol. The number of alkyl halides is 3. The van der Waals surface area contributed by atoms with Gasteiger partial charge in [0.1, 0.15) is 17.4 Å². The lowest BCUT2D eigenvalue weighted by atomic mass is 9.87. The van der Waals surface area contributed by atoms with Crippen LogP contribution in [0, 0.1) is 11.6 Å². The number of nitrogens with zero attached hydrogens (tertiary/aromatic N) is 1. The topological polar surface area (TPSA) is 113 Å². The van der Waals surface area contributed by atoms with Gasteiger partial charge in [0, 0.05) is 42.6 Å². The van der Waals surface area contributed by atoms with Crippen LogP contribution in [0.25, 0.3) is 11.0 Å². The number of piperidine rings is 1. The molecule has 1 unspecified atom stereocenters. The van der Waals surface area contributed by atoms with Crippen LogP contribution in [0.5, 0.6) is 5.75 Å². The predicted octanol–water partition coefficient (Wildman–Crippen LogP) is 4.14. The van der Waals surface area contributed by atoms with Crippen molar-refractivity contribution in [2.75, 3.05) is 23.3 Å². The number of carbonyl (C=O) groups excluding carboxylic acids is 3. The SMILES string of the molecule is O=C1CCC(c2c(F)cc(N3CC(NC(=O)Nc4cc(OC(F)(F)F)ccc4F)C3)c3occc23)C(=O)N1. The van der Waals surface area contributed by atoms with E-state index in [1.807, 2.05) is 0 Å². The Hall–Kier alpha value is -4.36. The fourth-order valence-electron chi connectivity index (χ4n) is 4.58. The Labute approximate surface area is 210 Å². The van der Waals surface area contributed by atoms with E-state index in [1.165, 1.54) is 18.4 Å². The van der Waals surface area contributed by atoms with Crippen molar-refractivity contribution in [3.63, 3.8) is 0 Å². The van der Waals surface area contributed by atoms with Gasteiger partial charge in [-0.3, -0.25) is 14.9 Å². The summed E-state index contributed by atoms with van der Waals surface area (Å²) < 4.78 is 75.7. The maximum absolute atomic E-state index is 15.2. The van der Waals surface area contributed by atoms with Gasteiger partial charge in [-0.25, -0.2) is 13.6 Å². The third kappa shape index (κ3) is 5.06. The molecule has 0 aliphatic carbocycles. The normalized spacial score (nSPS) is 18.2. The van der Waals surface area contributed by atoms with Gasteiger partial charge >= 0.3 is 12.4 Å². The summed E-state index contributed by atoms with van der Waals surface area (Å²) >= 11 is 0. The van der Waals surface area contributed by atoms with Gasteiger partial charge in [0.05, 0.1) is 29.6 Å². The molecular weight excluding hydrogens is 519 g/mol. The van der Waals surface area contributed by atoms with Crippen LogP contribution < -0.4 is 25.6 Å². The summed E-state index contributed by atoms with van der Waals surface area (Å²) in [6.45, 7) is 0.445. The molecule has 5 rings (SSSR count). The van der Waals surface area contributed by atoms with Crippen LogP contribution in [0.15, 0.2) is 41.0 Å². The molecule has 0 saturated carbocycles. The number of benzene rings is 2. The fourth-order valence-corrected chi connectivity index (χ4v) is 4.58. The molecule has 3 N–H and O–H groups in total. The number of hydrogen-bond donors (Lipinski definition) is 3. The van der Waals surface area contributed by atoms with Crippen LogP contribution in [-0.4, -0.2) is 43.3 Å². The Balaban J connectivity index is 1.25. The number of imide groups is 1. The van der Waals surface area contributed by atoms with Gasteiger partial charge < -0.3 is 24.7 Å². The second-order valence-corrected chi connectivity index (χ2v) is 8.85. The molecule has 2 aliphatic heterocycles. The monoisotopic (exact) mass is 538 g/mol. The van der Waals surface area contributed by atoms with Crippen LogP contribution in [0.4, 0.5) is 38.1 Å². The Bertz CT molecular complexity index is 1430. The Morgan fingerprint density at radius 1 is 1.11 bits per heavy atom. The van der Waals surface area contributed by atoms with Gasteiger partial charge in [-0.05, 0) is 24.6 Å². The van der Waals surface area contributed by atoms with Crippen LogP contribution in [0.2, 0.25) is 0 Å². The number of halogens is 5. The minimum atomic E-state index is -4.98. The van der Waals surface area contributed by atoms with Crippen LogP contribution in [0.1, 0.15) is 24.3 Å². The van der Waals surface area contributed by atoms with E-state index >= 15 is 4.39 Å². The van der Waals surface area contributed by atoms with Gasteiger partial charge in [0.2, 0.25) is 11.8 Å². The van der Waals surface area contributed by atoms with Crippen molar-refractivity contribution in [3.8, 4) is 5.75 Å². The molecule has 2 saturated heterocycles. The van der Waals surface area contributed by atoms with Gasteiger partial charge in [-0.1, -0.05) is 0 Å². The summed E-state index contributed by atoms with van der Waals surface area (Å²) in [4.78, 5) is 37.8. The molecule has 2 fully saturated rings. The second-order valence-electron chi connectivity index (χ2n) is 8.85. The lowest BCUT2D eigenvalue weighted by Crippen LogP contribution is -2.60. The van der Waals surface area contributed by atoms with Gasteiger partial charge in [0.15, 0.2) is 5.58 Å². The lowest BCUT2D eigenvalue weighted by Gasteiger charge is -2.41. The first-order chi connectivity index (χ1) is 18.0. The van der Waals surface area contributed by atoms with Crippen molar-refractivity contribution in [2.24, 2.45) is 0 Å². The highest BCUT2D eigenvalue weighted by Gasteiger charge is 2.36. The quantitative estimate of drug-likeness (QED) is 0.333. The number of hydrogen-bond acceptors (Lipinski definition) is 6. The summed E-state index contributed by atoms with van der Waals surface area (Å²) in [6, 6.07) is 3.66. The number of rotatable bonds is 5. The number of urea groups is 1. The van der Waals surface area contributed by atoms with Crippen molar-refractivity contribution in [2.45, 2.75) is 31.2 Å². The van der Waals surface area contributed by atoms with Gasteiger partial charge in [0.25, 0.3) is 0 Å². The Morgan fingerprint density at radius 3 is 2.58 bits per heavy atom. The predicted molar refractivity (Wildman–Crippen MR) is 123 cm³/mol. The van der Waals surface area contributed by atoms with Crippen molar-refractivity contribution >= 4 is 40.2 Å². The highest BCUT2D eigenvalue weighted by molar-refractivity contribution is 6.04. The van der Waals surface area contributed by atoms with E-state index in [1.54, 1.807) is 4.90 Å². The van der Waals surface area contributed by atoms with E-state index in [2.05, 4.69) is 20.7 Å². The third-order valence-corrected chi connectivity index (χ3v) is 6.27. The number of carbonyl (C=O) groups is 3. The zero-order valence-corrected chi connectivity index (χ0v) is 19.3. The molecule has 0 spiro atoms. The zero-order valence-electron chi connectivity index (χ0n) is 19.3. The molecule has 1 aromatic heterocycles. The highest BCUT2D eigenvalue weighted by atomic mass is 19.4. The number of anilines is 2.